The van der Waals surface area contributed by atoms with Gasteiger partial charge in [-0.1, -0.05) is 0 Å². The molecule has 146 valence electrons. The van der Waals surface area contributed by atoms with E-state index < -0.39 is 16.0 Å². The van der Waals surface area contributed by atoms with Crippen LogP contribution in [0.5, 0.6) is 5.75 Å². The molecule has 9 nitrogen and oxygen atoms in total. The minimum absolute atomic E-state index is 0.0481. The molecule has 0 spiro atoms. The third-order valence-electron chi connectivity index (χ3n) is 3.69. The lowest BCUT2D eigenvalue weighted by molar-refractivity contribution is 0.0696. The Labute approximate surface area is 165 Å². The van der Waals surface area contributed by atoms with Gasteiger partial charge in [0, 0.05) is 17.6 Å². The van der Waals surface area contributed by atoms with Crippen molar-refractivity contribution < 1.29 is 23.1 Å². The molecule has 0 radical (unpaired) electrons. The summed E-state index contributed by atoms with van der Waals surface area (Å²) in [7, 11) is -0.918. The summed E-state index contributed by atoms with van der Waals surface area (Å²) in [5.41, 5.74) is 0.168. The van der Waals surface area contributed by atoms with Gasteiger partial charge in [-0.15, -0.1) is 10.2 Å². The predicted molar refractivity (Wildman–Crippen MR) is 102 cm³/mol. The van der Waals surface area contributed by atoms with Crippen molar-refractivity contribution in [2.24, 2.45) is 7.05 Å². The third-order valence-corrected chi connectivity index (χ3v) is 6.15. The SMILES string of the molecule is COc1ccc(C(=O)O)cc1S(=O)(=O)Nc1ccc(Sc2nncn2C)cc1. The van der Waals surface area contributed by atoms with Gasteiger partial charge in [0.05, 0.1) is 12.7 Å². The highest BCUT2D eigenvalue weighted by Gasteiger charge is 2.22. The van der Waals surface area contributed by atoms with Gasteiger partial charge in [-0.25, -0.2) is 13.2 Å². The Morgan fingerprint density at radius 3 is 2.50 bits per heavy atom. The number of carboxylic acid groups (broad SMARTS) is 1. The van der Waals surface area contributed by atoms with Crippen molar-refractivity contribution in [2.45, 2.75) is 14.9 Å². The van der Waals surface area contributed by atoms with Gasteiger partial charge in [0.15, 0.2) is 5.16 Å². The van der Waals surface area contributed by atoms with Gasteiger partial charge in [-0.3, -0.25) is 4.72 Å². The lowest BCUT2D eigenvalue weighted by atomic mass is 10.2. The second kappa shape index (κ2) is 7.90. The second-order valence-electron chi connectivity index (χ2n) is 5.63. The topological polar surface area (TPSA) is 123 Å². The van der Waals surface area contributed by atoms with Gasteiger partial charge in [0.1, 0.15) is 17.0 Å². The van der Waals surface area contributed by atoms with E-state index in [1.165, 1.54) is 31.0 Å². The number of hydrogen-bond donors (Lipinski definition) is 2. The molecule has 0 atom stereocenters. The standard InChI is InChI=1S/C17H16N4O5S2/c1-21-10-18-19-17(21)27-13-6-4-12(5-7-13)20-28(24,25)15-9-11(16(22)23)3-8-14(15)26-2/h3-10,20H,1-2H3,(H,22,23). The highest BCUT2D eigenvalue weighted by molar-refractivity contribution is 7.99. The maximum absolute atomic E-state index is 12.7. The second-order valence-corrected chi connectivity index (χ2v) is 8.32. The lowest BCUT2D eigenvalue weighted by Crippen LogP contribution is -2.15. The van der Waals surface area contributed by atoms with Crippen LogP contribution in [0.1, 0.15) is 10.4 Å². The van der Waals surface area contributed by atoms with E-state index in [1.54, 1.807) is 35.2 Å². The van der Waals surface area contributed by atoms with Gasteiger partial charge < -0.3 is 14.4 Å². The molecular weight excluding hydrogens is 404 g/mol. The number of sulfonamides is 1. The van der Waals surface area contributed by atoms with Gasteiger partial charge in [0.2, 0.25) is 0 Å². The number of carbonyl (C=O) groups is 1. The molecule has 2 aromatic carbocycles. The number of rotatable bonds is 7. The van der Waals surface area contributed by atoms with Crippen LogP contribution in [0.3, 0.4) is 0 Å². The zero-order chi connectivity index (χ0) is 20.3. The zero-order valence-electron chi connectivity index (χ0n) is 14.9. The number of aryl methyl sites for hydroxylation is 1. The molecule has 1 aromatic heterocycles. The summed E-state index contributed by atoms with van der Waals surface area (Å²) in [6, 6.07) is 10.3. The average Bonchev–Trinajstić information content (AvgIpc) is 3.07. The smallest absolute Gasteiger partial charge is 0.335 e. The summed E-state index contributed by atoms with van der Waals surface area (Å²) in [5.74, 6) is -1.18. The van der Waals surface area contributed by atoms with Crippen LogP contribution in [-0.4, -0.2) is 41.4 Å². The normalized spacial score (nSPS) is 11.2. The average molecular weight is 420 g/mol. The fourth-order valence-electron chi connectivity index (χ4n) is 2.29. The molecule has 0 aliphatic rings. The largest absolute Gasteiger partial charge is 0.495 e. The third kappa shape index (κ3) is 4.26. The van der Waals surface area contributed by atoms with Crippen LogP contribution < -0.4 is 9.46 Å². The fourth-order valence-corrected chi connectivity index (χ4v) is 4.31. The van der Waals surface area contributed by atoms with E-state index in [0.717, 1.165) is 11.0 Å². The van der Waals surface area contributed by atoms with Gasteiger partial charge in [0.25, 0.3) is 10.0 Å². The van der Waals surface area contributed by atoms with Crippen molar-refractivity contribution in [3.63, 3.8) is 0 Å². The van der Waals surface area contributed by atoms with Crippen molar-refractivity contribution in [3.05, 3.63) is 54.4 Å². The van der Waals surface area contributed by atoms with E-state index in [2.05, 4.69) is 14.9 Å². The molecule has 2 N–H and O–H groups in total. The number of carboxylic acids is 1. The van der Waals surface area contributed by atoms with Crippen LogP contribution in [0.25, 0.3) is 0 Å². The monoisotopic (exact) mass is 420 g/mol. The number of hydrogen-bond acceptors (Lipinski definition) is 7. The van der Waals surface area contributed by atoms with Crippen molar-refractivity contribution in [3.8, 4) is 5.75 Å². The quantitative estimate of drug-likeness (QED) is 0.597. The van der Waals surface area contributed by atoms with Crippen LogP contribution in [0.2, 0.25) is 0 Å². The number of methoxy groups -OCH3 is 1. The first kappa shape index (κ1) is 19.7. The first-order valence-corrected chi connectivity index (χ1v) is 10.2. The number of anilines is 1. The molecule has 3 aromatic rings. The van der Waals surface area contributed by atoms with Crippen molar-refractivity contribution in [1.82, 2.24) is 14.8 Å². The first-order chi connectivity index (χ1) is 13.3. The molecule has 0 saturated heterocycles. The molecule has 0 amide bonds. The molecule has 0 aliphatic heterocycles. The van der Waals surface area contributed by atoms with E-state index in [4.69, 9.17) is 9.84 Å². The number of aromatic nitrogens is 3. The Balaban J connectivity index is 1.83. The van der Waals surface area contributed by atoms with Crippen molar-refractivity contribution in [2.75, 3.05) is 11.8 Å². The fraction of sp³-hybridized carbons (Fsp3) is 0.118. The molecule has 1 heterocycles. The van der Waals surface area contributed by atoms with Crippen LogP contribution in [0, 0.1) is 0 Å². The van der Waals surface area contributed by atoms with Crippen LogP contribution >= 0.6 is 11.8 Å². The number of benzene rings is 2. The number of nitrogens with zero attached hydrogens (tertiary/aromatic N) is 3. The molecule has 3 rings (SSSR count). The Kier molecular flexibility index (Phi) is 5.56. The van der Waals surface area contributed by atoms with E-state index in [9.17, 15) is 13.2 Å². The lowest BCUT2D eigenvalue weighted by Gasteiger charge is -2.12. The Bertz CT molecular complexity index is 1110. The molecule has 0 fully saturated rings. The minimum atomic E-state index is -4.05. The molecule has 0 aliphatic carbocycles. The number of aromatic carboxylic acids is 1. The zero-order valence-corrected chi connectivity index (χ0v) is 16.5. The summed E-state index contributed by atoms with van der Waals surface area (Å²) < 4.78 is 34.7. The molecular formula is C17H16N4O5S2. The van der Waals surface area contributed by atoms with E-state index in [0.29, 0.717) is 10.8 Å². The maximum Gasteiger partial charge on any atom is 0.335 e. The van der Waals surface area contributed by atoms with Crippen LogP contribution in [-0.2, 0) is 17.1 Å². The summed E-state index contributed by atoms with van der Waals surface area (Å²) in [4.78, 5) is 11.8. The summed E-state index contributed by atoms with van der Waals surface area (Å²) in [5, 5.41) is 17.6. The van der Waals surface area contributed by atoms with Gasteiger partial charge in [-0.05, 0) is 54.2 Å². The minimum Gasteiger partial charge on any atom is -0.495 e. The van der Waals surface area contributed by atoms with E-state index >= 15 is 0 Å². The van der Waals surface area contributed by atoms with Crippen LogP contribution in [0.15, 0.2) is 63.7 Å². The van der Waals surface area contributed by atoms with Gasteiger partial charge >= 0.3 is 5.97 Å². The first-order valence-electron chi connectivity index (χ1n) is 7.86. The van der Waals surface area contributed by atoms with Crippen molar-refractivity contribution >= 4 is 33.4 Å². The Morgan fingerprint density at radius 2 is 1.93 bits per heavy atom. The van der Waals surface area contributed by atoms with Crippen LogP contribution in [0.4, 0.5) is 5.69 Å². The predicted octanol–water partition coefficient (Wildman–Crippen LogP) is 2.47. The Morgan fingerprint density at radius 1 is 1.21 bits per heavy atom. The maximum atomic E-state index is 12.7. The molecule has 28 heavy (non-hydrogen) atoms. The van der Waals surface area contributed by atoms with Gasteiger partial charge in [-0.2, -0.15) is 0 Å². The molecule has 0 unspecified atom stereocenters. The molecule has 0 saturated carbocycles. The number of nitrogens with one attached hydrogen (secondary N) is 1. The summed E-state index contributed by atoms with van der Waals surface area (Å²) in [6.45, 7) is 0. The highest BCUT2D eigenvalue weighted by Crippen LogP contribution is 2.29. The van der Waals surface area contributed by atoms with E-state index in [-0.39, 0.29) is 16.2 Å². The molecule has 0 bridgehead atoms. The number of ether oxygens (including phenoxy) is 1. The molecule has 11 heteroatoms. The highest BCUT2D eigenvalue weighted by atomic mass is 32.2. The summed E-state index contributed by atoms with van der Waals surface area (Å²) in [6.07, 6.45) is 1.59. The van der Waals surface area contributed by atoms with E-state index in [1.807, 2.05) is 7.05 Å². The Hall–Kier alpha value is -3.05. The summed E-state index contributed by atoms with van der Waals surface area (Å²) >= 11 is 1.38. The van der Waals surface area contributed by atoms with Crippen molar-refractivity contribution in [1.29, 1.82) is 0 Å².